The Labute approximate surface area is 204 Å². The maximum atomic E-state index is 13.1. The number of aliphatic hydroxyl groups is 1. The molecule has 5 aliphatic heterocycles. The van der Waals surface area contributed by atoms with Gasteiger partial charge < -0.3 is 19.9 Å². The summed E-state index contributed by atoms with van der Waals surface area (Å²) in [6.07, 6.45) is 12.8. The highest BCUT2D eigenvalue weighted by atomic mass is 32.2. The maximum absolute atomic E-state index is 13.1. The molecule has 0 spiro atoms. The Morgan fingerprint density at radius 1 is 1.21 bits per heavy atom. The number of carbonyl (C=O) groups excluding carboxylic acids is 3. The van der Waals surface area contributed by atoms with E-state index in [4.69, 9.17) is 9.47 Å². The number of rotatable bonds is 1. The van der Waals surface area contributed by atoms with E-state index in [1.165, 1.54) is 24.9 Å². The van der Waals surface area contributed by atoms with Gasteiger partial charge >= 0.3 is 0 Å². The number of ether oxygens (including phenoxy) is 2. The molecular formula is C26H31NO6S. The summed E-state index contributed by atoms with van der Waals surface area (Å²) in [6, 6.07) is 0. The van der Waals surface area contributed by atoms with Gasteiger partial charge in [-0.05, 0) is 26.2 Å². The van der Waals surface area contributed by atoms with Crippen molar-refractivity contribution in [3.8, 4) is 0 Å². The van der Waals surface area contributed by atoms with Gasteiger partial charge in [-0.3, -0.25) is 14.4 Å². The van der Waals surface area contributed by atoms with Crippen LogP contribution in [0.3, 0.4) is 0 Å². The Kier molecular flexibility index (Phi) is 7.42. The van der Waals surface area contributed by atoms with Gasteiger partial charge in [0.15, 0.2) is 5.78 Å². The number of hydrogen-bond donors (Lipinski definition) is 2. The highest BCUT2D eigenvalue weighted by Crippen LogP contribution is 2.50. The number of nitrogens with one attached hydrogen (secondary N) is 1. The molecule has 1 saturated heterocycles. The summed E-state index contributed by atoms with van der Waals surface area (Å²) >= 11 is 1.32. The van der Waals surface area contributed by atoms with Crippen LogP contribution in [0.1, 0.15) is 39.5 Å². The molecule has 6 bridgehead atoms. The first-order chi connectivity index (χ1) is 16.2. The third-order valence-electron chi connectivity index (χ3n) is 7.05. The number of fused-ring (bicyclic) bond motifs is 2. The second-order valence-electron chi connectivity index (χ2n) is 9.31. The lowest BCUT2D eigenvalue weighted by molar-refractivity contribution is -0.124. The van der Waals surface area contributed by atoms with Crippen molar-refractivity contribution in [3.05, 3.63) is 58.7 Å². The summed E-state index contributed by atoms with van der Waals surface area (Å²) in [6.45, 7) is 3.89. The van der Waals surface area contributed by atoms with Crippen molar-refractivity contribution in [2.24, 2.45) is 5.92 Å². The average molecular weight is 486 g/mol. The largest absolute Gasteiger partial charge is 0.390 e. The monoisotopic (exact) mass is 485 g/mol. The molecule has 1 aliphatic carbocycles. The van der Waals surface area contributed by atoms with E-state index in [1.54, 1.807) is 12.2 Å². The number of amides is 1. The van der Waals surface area contributed by atoms with Crippen LogP contribution in [0.15, 0.2) is 58.7 Å². The van der Waals surface area contributed by atoms with E-state index in [0.29, 0.717) is 29.7 Å². The zero-order valence-corrected chi connectivity index (χ0v) is 20.5. The van der Waals surface area contributed by atoms with Crippen LogP contribution in [0.5, 0.6) is 0 Å². The van der Waals surface area contributed by atoms with Gasteiger partial charge in [-0.15, -0.1) is 11.8 Å². The summed E-state index contributed by atoms with van der Waals surface area (Å²) in [7, 11) is 1.51. The van der Waals surface area contributed by atoms with E-state index in [2.05, 4.69) is 5.32 Å². The molecule has 2 N–H and O–H groups in total. The second-order valence-corrected chi connectivity index (χ2v) is 10.5. The summed E-state index contributed by atoms with van der Waals surface area (Å²) in [4.78, 5) is 39.0. The van der Waals surface area contributed by atoms with Crippen molar-refractivity contribution in [2.75, 3.05) is 7.11 Å². The highest BCUT2D eigenvalue weighted by Gasteiger charge is 2.55. The number of thioether (sulfide) groups is 1. The molecule has 182 valence electrons. The van der Waals surface area contributed by atoms with Gasteiger partial charge in [-0.25, -0.2) is 0 Å². The summed E-state index contributed by atoms with van der Waals surface area (Å²) < 4.78 is 11.8. The molecule has 1 fully saturated rings. The van der Waals surface area contributed by atoms with E-state index in [1.807, 2.05) is 38.2 Å². The minimum absolute atomic E-state index is 0.00289. The van der Waals surface area contributed by atoms with Crippen molar-refractivity contribution in [3.63, 3.8) is 0 Å². The van der Waals surface area contributed by atoms with Crippen LogP contribution >= 0.6 is 11.8 Å². The topological polar surface area (TPSA) is 102 Å². The number of allylic oxidation sites excluding steroid dienone is 7. The van der Waals surface area contributed by atoms with E-state index < -0.39 is 23.7 Å². The summed E-state index contributed by atoms with van der Waals surface area (Å²) in [5.41, 5.74) is -0.407. The number of aliphatic hydroxyl groups excluding tert-OH is 1. The van der Waals surface area contributed by atoms with Gasteiger partial charge in [0.2, 0.25) is 11.7 Å². The lowest BCUT2D eigenvalue weighted by Gasteiger charge is -2.39. The Morgan fingerprint density at radius 3 is 2.74 bits per heavy atom. The van der Waals surface area contributed by atoms with Crippen LogP contribution in [-0.2, 0) is 23.9 Å². The zero-order chi connectivity index (χ0) is 24.5. The molecule has 0 saturated carbocycles. The van der Waals surface area contributed by atoms with E-state index in [-0.39, 0.29) is 41.0 Å². The first-order valence-electron chi connectivity index (χ1n) is 11.6. The van der Waals surface area contributed by atoms with Crippen LogP contribution in [0.4, 0.5) is 0 Å². The number of carbonyl (C=O) groups is 3. The molecule has 5 heterocycles. The van der Waals surface area contributed by atoms with Crippen molar-refractivity contribution in [1.29, 1.82) is 0 Å². The molecule has 6 atom stereocenters. The molecule has 0 aromatic rings. The Balaban J connectivity index is 1.66. The first kappa shape index (κ1) is 24.9. The molecule has 1 amide bonds. The molecular weight excluding hydrogens is 454 g/mol. The molecule has 0 radical (unpaired) electrons. The van der Waals surface area contributed by atoms with Crippen LogP contribution in [-0.4, -0.2) is 58.9 Å². The predicted octanol–water partition coefficient (Wildman–Crippen LogP) is 2.92. The number of methoxy groups -OCH3 is 1. The SMILES string of the molecule is CO[C@H]1\C=C/C=C\C=C/C[C@@H]2O[C@@](C)([C@H](O)[C@H]2C)[C@H]2CCC3=C(S2)C(=O)C=C(NC(=O)C1)C3=O. The van der Waals surface area contributed by atoms with Gasteiger partial charge in [-0.2, -0.15) is 0 Å². The fraction of sp³-hybridized carbons (Fsp3) is 0.500. The van der Waals surface area contributed by atoms with Crippen molar-refractivity contribution < 1.29 is 29.0 Å². The van der Waals surface area contributed by atoms with Gasteiger partial charge in [0, 0.05) is 29.9 Å². The van der Waals surface area contributed by atoms with Crippen LogP contribution in [0.2, 0.25) is 0 Å². The molecule has 0 unspecified atom stereocenters. The molecule has 6 aliphatic rings. The Bertz CT molecular complexity index is 1020. The molecule has 34 heavy (non-hydrogen) atoms. The van der Waals surface area contributed by atoms with Crippen LogP contribution in [0.25, 0.3) is 0 Å². The molecule has 0 aromatic heterocycles. The quantitative estimate of drug-likeness (QED) is 0.551. The lowest BCUT2D eigenvalue weighted by atomic mass is 9.84. The van der Waals surface area contributed by atoms with E-state index in [0.717, 1.165) is 0 Å². The van der Waals surface area contributed by atoms with Gasteiger partial charge in [0.05, 0.1) is 35.3 Å². The van der Waals surface area contributed by atoms with Crippen molar-refractivity contribution >= 4 is 29.2 Å². The lowest BCUT2D eigenvalue weighted by Crippen LogP contribution is -2.48. The number of hydrogen-bond acceptors (Lipinski definition) is 7. The third kappa shape index (κ3) is 4.77. The van der Waals surface area contributed by atoms with Crippen molar-refractivity contribution in [1.82, 2.24) is 5.32 Å². The van der Waals surface area contributed by atoms with E-state index in [9.17, 15) is 19.5 Å². The fourth-order valence-electron chi connectivity index (χ4n) is 4.99. The summed E-state index contributed by atoms with van der Waals surface area (Å²) in [5.74, 6) is -1.10. The van der Waals surface area contributed by atoms with E-state index >= 15 is 0 Å². The first-order valence-corrected chi connectivity index (χ1v) is 12.5. The second kappa shape index (κ2) is 10.2. The van der Waals surface area contributed by atoms with Crippen LogP contribution < -0.4 is 5.32 Å². The van der Waals surface area contributed by atoms with Crippen molar-refractivity contribution in [2.45, 2.75) is 68.7 Å². The average Bonchev–Trinajstić information content (AvgIpc) is 3.04. The smallest absolute Gasteiger partial charge is 0.227 e. The minimum Gasteiger partial charge on any atom is -0.390 e. The summed E-state index contributed by atoms with van der Waals surface area (Å²) in [5, 5.41) is 13.5. The molecule has 6 rings (SSSR count). The third-order valence-corrected chi connectivity index (χ3v) is 8.72. The molecule has 0 aromatic carbocycles. The van der Waals surface area contributed by atoms with Crippen LogP contribution in [0, 0.1) is 5.92 Å². The molecule has 8 heteroatoms. The standard InChI is InChI=1S/C26H31NO6S/c1-15-20-10-8-6-4-5-7-9-16(32-3)13-22(29)27-18-14-19(28)24-17(23(18)30)11-12-21(34-24)26(2,33-20)25(15)31/h4-9,14-16,20-21,25,31H,10-13H2,1-3H3,(H,27,29)/b5-4-,8-6-,9-7-/t15-,16-,20-,21+,25+,26+/m0/s1. The molecule has 7 nitrogen and oxygen atoms in total. The Morgan fingerprint density at radius 2 is 1.97 bits per heavy atom. The number of ketones is 2. The minimum atomic E-state index is -0.836. The predicted molar refractivity (Wildman–Crippen MR) is 130 cm³/mol. The maximum Gasteiger partial charge on any atom is 0.227 e. The normalized spacial score (nSPS) is 39.6. The van der Waals surface area contributed by atoms with Gasteiger partial charge in [0.1, 0.15) is 5.60 Å². The van der Waals surface area contributed by atoms with Gasteiger partial charge in [0.25, 0.3) is 0 Å². The highest BCUT2D eigenvalue weighted by molar-refractivity contribution is 8.04. The number of Topliss-reactive ketones (excluding diaryl/α,β-unsaturated/α-hetero) is 1. The fourth-order valence-corrected chi connectivity index (χ4v) is 6.45. The van der Waals surface area contributed by atoms with Gasteiger partial charge in [-0.1, -0.05) is 43.4 Å². The Hall–Kier alpha value is -2.26. The zero-order valence-electron chi connectivity index (χ0n) is 19.7.